The number of anilines is 1. The quantitative estimate of drug-likeness (QED) is 0.727. The summed E-state index contributed by atoms with van der Waals surface area (Å²) >= 11 is 1.65. The Bertz CT molecular complexity index is 585. The number of nitrogens with one attached hydrogen (secondary N) is 2. The molecule has 0 amide bonds. The predicted octanol–water partition coefficient (Wildman–Crippen LogP) is 2.63. The summed E-state index contributed by atoms with van der Waals surface area (Å²) in [5.41, 5.74) is 3.99. The van der Waals surface area contributed by atoms with Crippen LogP contribution in [0.5, 0.6) is 0 Å². The van der Waals surface area contributed by atoms with Crippen LogP contribution in [0.3, 0.4) is 0 Å². The molecule has 0 saturated carbocycles. The van der Waals surface area contributed by atoms with E-state index in [4.69, 9.17) is 0 Å². The van der Waals surface area contributed by atoms with E-state index >= 15 is 0 Å². The number of aromatic nitrogens is 3. The van der Waals surface area contributed by atoms with Gasteiger partial charge in [-0.3, -0.25) is 10.1 Å². The van der Waals surface area contributed by atoms with Crippen LogP contribution >= 0.6 is 11.3 Å². The number of benzene rings is 1. The Morgan fingerprint density at radius 2 is 2.31 bits per heavy atom. The first-order chi connectivity index (χ1) is 7.93. The van der Waals surface area contributed by atoms with E-state index in [1.165, 1.54) is 4.88 Å². The molecule has 2 heterocycles. The molecule has 0 saturated heterocycles. The van der Waals surface area contributed by atoms with Crippen LogP contribution in [0.25, 0.3) is 10.9 Å². The molecule has 4 nitrogen and oxygen atoms in total. The summed E-state index contributed by atoms with van der Waals surface area (Å²) in [5, 5.41) is 11.5. The van der Waals surface area contributed by atoms with E-state index in [1.54, 1.807) is 11.3 Å². The molecular weight excluding hydrogens is 220 g/mol. The Kier molecular flexibility index (Phi) is 2.30. The maximum absolute atomic E-state index is 4.05. The van der Waals surface area contributed by atoms with Gasteiger partial charge in [-0.05, 0) is 12.1 Å². The molecule has 2 aromatic heterocycles. The number of hydrogen-bond acceptors (Lipinski definition) is 4. The van der Waals surface area contributed by atoms with Gasteiger partial charge in [0.25, 0.3) is 0 Å². The molecule has 0 aliphatic rings. The standard InChI is InChI=1S/C11H10N4S/c1-2-10(9-6-14-15-11(9)3-1)13-5-8-4-12-7-16-8/h1-4,6-7,13H,5H2,(H,14,15). The summed E-state index contributed by atoms with van der Waals surface area (Å²) in [5.74, 6) is 0. The Hall–Kier alpha value is -1.88. The van der Waals surface area contributed by atoms with Gasteiger partial charge < -0.3 is 5.32 Å². The molecule has 3 aromatic rings. The van der Waals surface area contributed by atoms with Crippen molar-refractivity contribution >= 4 is 27.9 Å². The lowest BCUT2D eigenvalue weighted by Gasteiger charge is -2.05. The van der Waals surface area contributed by atoms with E-state index in [0.29, 0.717) is 0 Å². The van der Waals surface area contributed by atoms with Crippen LogP contribution in [0.15, 0.2) is 36.1 Å². The smallest absolute Gasteiger partial charge is 0.0794 e. The molecule has 0 aliphatic carbocycles. The highest BCUT2D eigenvalue weighted by Gasteiger charge is 2.02. The van der Waals surface area contributed by atoms with Gasteiger partial charge in [-0.2, -0.15) is 5.10 Å². The number of aromatic amines is 1. The van der Waals surface area contributed by atoms with Gasteiger partial charge in [0.05, 0.1) is 23.8 Å². The zero-order valence-corrected chi connectivity index (χ0v) is 9.29. The average molecular weight is 230 g/mol. The van der Waals surface area contributed by atoms with Gasteiger partial charge in [0, 0.05) is 22.1 Å². The molecule has 0 bridgehead atoms. The van der Waals surface area contributed by atoms with Gasteiger partial charge in [-0.15, -0.1) is 11.3 Å². The summed E-state index contributed by atoms with van der Waals surface area (Å²) in [6.45, 7) is 0.801. The van der Waals surface area contributed by atoms with Gasteiger partial charge >= 0.3 is 0 Å². The van der Waals surface area contributed by atoms with Crippen LogP contribution in [0.2, 0.25) is 0 Å². The Labute approximate surface area is 96.3 Å². The van der Waals surface area contributed by atoms with Crippen molar-refractivity contribution in [2.24, 2.45) is 0 Å². The SMILES string of the molecule is c1cc(NCc2cncs2)c2cn[nH]c2c1. The maximum atomic E-state index is 4.05. The number of fused-ring (bicyclic) bond motifs is 1. The monoisotopic (exact) mass is 230 g/mol. The lowest BCUT2D eigenvalue weighted by Crippen LogP contribution is -1.97. The maximum Gasteiger partial charge on any atom is 0.0794 e. The van der Waals surface area contributed by atoms with Crippen LogP contribution < -0.4 is 5.32 Å². The van der Waals surface area contributed by atoms with Gasteiger partial charge in [-0.1, -0.05) is 6.07 Å². The van der Waals surface area contributed by atoms with Crippen LogP contribution in [0.4, 0.5) is 5.69 Å². The van der Waals surface area contributed by atoms with Crippen molar-refractivity contribution in [1.29, 1.82) is 0 Å². The van der Waals surface area contributed by atoms with E-state index in [-0.39, 0.29) is 0 Å². The van der Waals surface area contributed by atoms with E-state index in [9.17, 15) is 0 Å². The summed E-state index contributed by atoms with van der Waals surface area (Å²) in [6.07, 6.45) is 3.72. The van der Waals surface area contributed by atoms with E-state index < -0.39 is 0 Å². The second-order valence-corrected chi connectivity index (χ2v) is 4.43. The zero-order chi connectivity index (χ0) is 10.8. The molecule has 3 rings (SSSR count). The highest BCUT2D eigenvalue weighted by molar-refractivity contribution is 7.09. The molecule has 0 radical (unpaired) electrons. The normalized spacial score (nSPS) is 10.8. The fourth-order valence-corrected chi connectivity index (χ4v) is 2.17. The van der Waals surface area contributed by atoms with Crippen LogP contribution in [0, 0.1) is 0 Å². The molecule has 16 heavy (non-hydrogen) atoms. The Morgan fingerprint density at radius 1 is 1.31 bits per heavy atom. The molecule has 0 spiro atoms. The molecule has 0 atom stereocenters. The summed E-state index contributed by atoms with van der Waals surface area (Å²) in [4.78, 5) is 5.27. The summed E-state index contributed by atoms with van der Waals surface area (Å²) in [6, 6.07) is 6.08. The van der Waals surface area contributed by atoms with Gasteiger partial charge in [0.15, 0.2) is 0 Å². The summed E-state index contributed by atoms with van der Waals surface area (Å²) < 4.78 is 0. The first kappa shape index (κ1) is 9.35. The molecule has 2 N–H and O–H groups in total. The van der Waals surface area contributed by atoms with Crippen molar-refractivity contribution in [3.63, 3.8) is 0 Å². The third kappa shape index (κ3) is 1.65. The highest BCUT2D eigenvalue weighted by atomic mass is 32.1. The molecule has 0 unspecified atom stereocenters. The molecule has 80 valence electrons. The second kappa shape index (κ2) is 3.94. The van der Waals surface area contributed by atoms with Crippen LogP contribution in [0.1, 0.15) is 4.88 Å². The van der Waals surface area contributed by atoms with E-state index in [1.807, 2.05) is 30.0 Å². The van der Waals surface area contributed by atoms with E-state index in [2.05, 4.69) is 26.6 Å². The van der Waals surface area contributed by atoms with Gasteiger partial charge in [0.2, 0.25) is 0 Å². The number of thiazole rings is 1. The van der Waals surface area contributed by atoms with Crippen molar-refractivity contribution in [3.8, 4) is 0 Å². The first-order valence-corrected chi connectivity index (χ1v) is 5.85. The van der Waals surface area contributed by atoms with Crippen LogP contribution in [-0.4, -0.2) is 15.2 Å². The molecule has 5 heteroatoms. The largest absolute Gasteiger partial charge is 0.379 e. The first-order valence-electron chi connectivity index (χ1n) is 4.97. The van der Waals surface area contributed by atoms with Crippen molar-refractivity contribution in [2.45, 2.75) is 6.54 Å². The number of hydrogen-bond donors (Lipinski definition) is 2. The number of rotatable bonds is 3. The highest BCUT2D eigenvalue weighted by Crippen LogP contribution is 2.21. The molecule has 0 aliphatic heterocycles. The number of H-pyrrole nitrogens is 1. The minimum Gasteiger partial charge on any atom is -0.379 e. The average Bonchev–Trinajstić information content (AvgIpc) is 2.97. The van der Waals surface area contributed by atoms with Crippen molar-refractivity contribution in [3.05, 3.63) is 41.0 Å². The van der Waals surface area contributed by atoms with Crippen molar-refractivity contribution in [1.82, 2.24) is 15.2 Å². The van der Waals surface area contributed by atoms with Gasteiger partial charge in [-0.25, -0.2) is 0 Å². The molecule has 1 aromatic carbocycles. The zero-order valence-electron chi connectivity index (χ0n) is 8.47. The number of nitrogens with zero attached hydrogens (tertiary/aromatic N) is 2. The molecule has 0 fully saturated rings. The van der Waals surface area contributed by atoms with Gasteiger partial charge in [0.1, 0.15) is 0 Å². The fraction of sp³-hybridized carbons (Fsp3) is 0.0909. The lowest BCUT2D eigenvalue weighted by molar-refractivity contribution is 1.12. The topological polar surface area (TPSA) is 53.6 Å². The molecular formula is C11H10N4S. The Balaban J connectivity index is 1.86. The minimum absolute atomic E-state index is 0.801. The second-order valence-electron chi connectivity index (χ2n) is 3.46. The third-order valence-corrected chi connectivity index (χ3v) is 3.20. The van der Waals surface area contributed by atoms with Crippen molar-refractivity contribution < 1.29 is 0 Å². The van der Waals surface area contributed by atoms with Crippen molar-refractivity contribution in [2.75, 3.05) is 5.32 Å². The summed E-state index contributed by atoms with van der Waals surface area (Å²) in [7, 11) is 0. The lowest BCUT2D eigenvalue weighted by atomic mass is 10.2. The van der Waals surface area contributed by atoms with Crippen LogP contribution in [-0.2, 0) is 6.54 Å². The van der Waals surface area contributed by atoms with E-state index in [0.717, 1.165) is 23.1 Å². The predicted molar refractivity (Wildman–Crippen MR) is 65.5 cm³/mol. The third-order valence-electron chi connectivity index (χ3n) is 2.42. The Morgan fingerprint density at radius 3 is 3.19 bits per heavy atom. The fourth-order valence-electron chi connectivity index (χ4n) is 1.63. The minimum atomic E-state index is 0.801.